The number of alkyl halides is 3. The Balaban J connectivity index is 2.07. The van der Waals surface area contributed by atoms with Crippen molar-refractivity contribution in [3.8, 4) is 0 Å². The molecule has 0 aliphatic heterocycles. The van der Waals surface area contributed by atoms with Crippen LogP contribution >= 0.6 is 0 Å². The molecule has 0 radical (unpaired) electrons. The Morgan fingerprint density at radius 3 is 2.26 bits per heavy atom. The van der Waals surface area contributed by atoms with Gasteiger partial charge in [0.15, 0.2) is 0 Å². The van der Waals surface area contributed by atoms with Gasteiger partial charge in [-0.15, -0.1) is 0 Å². The van der Waals surface area contributed by atoms with E-state index < -0.39 is 41.4 Å². The summed E-state index contributed by atoms with van der Waals surface area (Å²) in [5, 5.41) is 4.71. The molecule has 1 atom stereocenters. The Bertz CT molecular complexity index is 988. The number of anilines is 1. The molecule has 2 aromatic rings. The first-order valence-corrected chi connectivity index (χ1v) is 10.5. The van der Waals surface area contributed by atoms with Crippen molar-refractivity contribution < 1.29 is 37.0 Å². The SMILES string of the molecule is CC(C)(C)OC(=O)CC[C@H](NC(=O)OCc1ccccc1)C(=O)Nc1cccc(C(F)(F)F)c1. The zero-order chi connectivity index (χ0) is 25.4. The number of hydrogen-bond acceptors (Lipinski definition) is 5. The van der Waals surface area contributed by atoms with E-state index in [0.717, 1.165) is 23.8 Å². The molecule has 0 bridgehead atoms. The Morgan fingerprint density at radius 2 is 1.65 bits per heavy atom. The lowest BCUT2D eigenvalue weighted by Crippen LogP contribution is -2.44. The Hall–Kier alpha value is -3.56. The first-order chi connectivity index (χ1) is 15.8. The Morgan fingerprint density at radius 1 is 0.971 bits per heavy atom. The van der Waals surface area contributed by atoms with Crippen LogP contribution in [0.3, 0.4) is 0 Å². The molecule has 34 heavy (non-hydrogen) atoms. The van der Waals surface area contributed by atoms with Gasteiger partial charge in [-0.1, -0.05) is 36.4 Å². The summed E-state index contributed by atoms with van der Waals surface area (Å²) in [6.07, 6.45) is -5.87. The summed E-state index contributed by atoms with van der Waals surface area (Å²) in [5.41, 5.74) is -1.07. The van der Waals surface area contributed by atoms with Crippen LogP contribution in [0.4, 0.5) is 23.7 Å². The number of amides is 2. The number of rotatable bonds is 8. The van der Waals surface area contributed by atoms with Crippen LogP contribution in [-0.2, 0) is 31.8 Å². The van der Waals surface area contributed by atoms with E-state index >= 15 is 0 Å². The second kappa shape index (κ2) is 11.5. The number of hydrogen-bond donors (Lipinski definition) is 2. The van der Waals surface area contributed by atoms with Gasteiger partial charge in [0.05, 0.1) is 5.56 Å². The Labute approximate surface area is 195 Å². The van der Waals surface area contributed by atoms with E-state index in [2.05, 4.69) is 10.6 Å². The van der Waals surface area contributed by atoms with Crippen LogP contribution in [-0.4, -0.2) is 29.6 Å². The highest BCUT2D eigenvalue weighted by molar-refractivity contribution is 5.96. The molecule has 184 valence electrons. The van der Waals surface area contributed by atoms with Gasteiger partial charge in [0.2, 0.25) is 5.91 Å². The first kappa shape index (κ1) is 26.7. The summed E-state index contributed by atoms with van der Waals surface area (Å²) in [6.45, 7) is 4.99. The smallest absolute Gasteiger partial charge is 0.416 e. The average molecular weight is 480 g/mol. The Kier molecular flexibility index (Phi) is 9.05. The van der Waals surface area contributed by atoms with Crippen LogP contribution in [0.2, 0.25) is 0 Å². The van der Waals surface area contributed by atoms with E-state index in [0.29, 0.717) is 0 Å². The van der Waals surface area contributed by atoms with E-state index in [9.17, 15) is 27.6 Å². The highest BCUT2D eigenvalue weighted by Crippen LogP contribution is 2.30. The summed E-state index contributed by atoms with van der Waals surface area (Å²) in [4.78, 5) is 37.1. The second-order valence-corrected chi connectivity index (χ2v) is 8.45. The van der Waals surface area contributed by atoms with Gasteiger partial charge in [0.25, 0.3) is 0 Å². The van der Waals surface area contributed by atoms with Crippen LogP contribution < -0.4 is 10.6 Å². The molecule has 0 aromatic heterocycles. The molecule has 0 aliphatic rings. The maximum atomic E-state index is 13.0. The second-order valence-electron chi connectivity index (χ2n) is 8.45. The third-order valence-corrected chi connectivity index (χ3v) is 4.34. The van der Waals surface area contributed by atoms with Crippen molar-refractivity contribution in [2.75, 3.05) is 5.32 Å². The monoisotopic (exact) mass is 480 g/mol. The van der Waals surface area contributed by atoms with Gasteiger partial charge >= 0.3 is 18.2 Å². The highest BCUT2D eigenvalue weighted by Gasteiger charge is 2.31. The molecule has 2 N–H and O–H groups in total. The quantitative estimate of drug-likeness (QED) is 0.515. The lowest BCUT2D eigenvalue weighted by molar-refractivity contribution is -0.155. The summed E-state index contributed by atoms with van der Waals surface area (Å²) in [5.74, 6) is -1.40. The molecule has 2 amide bonds. The minimum Gasteiger partial charge on any atom is -0.460 e. The van der Waals surface area contributed by atoms with E-state index in [1.165, 1.54) is 6.07 Å². The lowest BCUT2D eigenvalue weighted by atomic mass is 10.1. The molecule has 10 heteroatoms. The maximum Gasteiger partial charge on any atom is 0.416 e. The molecular weight excluding hydrogens is 453 g/mol. The van der Waals surface area contributed by atoms with E-state index in [-0.39, 0.29) is 25.1 Å². The number of carbonyl (C=O) groups is 3. The fourth-order valence-electron chi connectivity index (χ4n) is 2.83. The van der Waals surface area contributed by atoms with Crippen LogP contribution in [0, 0.1) is 0 Å². The van der Waals surface area contributed by atoms with Gasteiger partial charge in [-0.05, 0) is 51.0 Å². The molecule has 0 saturated heterocycles. The summed E-state index contributed by atoms with van der Waals surface area (Å²) >= 11 is 0. The third-order valence-electron chi connectivity index (χ3n) is 4.34. The van der Waals surface area contributed by atoms with Crippen molar-refractivity contribution in [3.05, 3.63) is 65.7 Å². The molecule has 7 nitrogen and oxygen atoms in total. The van der Waals surface area contributed by atoms with Crippen molar-refractivity contribution >= 4 is 23.7 Å². The fraction of sp³-hybridized carbons (Fsp3) is 0.375. The number of nitrogens with one attached hydrogen (secondary N) is 2. The largest absolute Gasteiger partial charge is 0.460 e. The van der Waals surface area contributed by atoms with E-state index in [4.69, 9.17) is 9.47 Å². The summed E-state index contributed by atoms with van der Waals surface area (Å²) < 4.78 is 49.2. The standard InChI is InChI=1S/C24H27F3N2O5/c1-23(2,3)34-20(30)13-12-19(29-22(32)33-15-16-8-5-4-6-9-16)21(31)28-18-11-7-10-17(14-18)24(25,26)27/h4-11,14,19H,12-13,15H2,1-3H3,(H,28,31)(H,29,32)/t19-/m0/s1. The van der Waals surface area contributed by atoms with Crippen molar-refractivity contribution in [3.63, 3.8) is 0 Å². The van der Waals surface area contributed by atoms with Gasteiger partial charge < -0.3 is 20.1 Å². The molecule has 0 fully saturated rings. The third kappa shape index (κ3) is 9.51. The zero-order valence-corrected chi connectivity index (χ0v) is 19.1. The van der Waals surface area contributed by atoms with E-state index in [1.807, 2.05) is 0 Å². The molecule has 2 rings (SSSR count). The van der Waals surface area contributed by atoms with Crippen molar-refractivity contribution in [2.45, 2.75) is 58.0 Å². The molecule has 0 heterocycles. The average Bonchev–Trinajstić information content (AvgIpc) is 2.74. The summed E-state index contributed by atoms with van der Waals surface area (Å²) in [6, 6.07) is 11.6. The van der Waals surface area contributed by atoms with Crippen LogP contribution in [0.1, 0.15) is 44.7 Å². The van der Waals surface area contributed by atoms with Gasteiger partial charge in [-0.25, -0.2) is 4.79 Å². The minimum absolute atomic E-state index is 0.0549. The van der Waals surface area contributed by atoms with E-state index in [1.54, 1.807) is 51.1 Å². The maximum absolute atomic E-state index is 13.0. The minimum atomic E-state index is -4.59. The molecule has 0 aliphatic carbocycles. The topological polar surface area (TPSA) is 93.7 Å². The van der Waals surface area contributed by atoms with Crippen molar-refractivity contribution in [1.82, 2.24) is 5.32 Å². The van der Waals surface area contributed by atoms with Gasteiger partial charge in [0, 0.05) is 12.1 Å². The highest BCUT2D eigenvalue weighted by atomic mass is 19.4. The fourth-order valence-corrected chi connectivity index (χ4v) is 2.83. The van der Waals surface area contributed by atoms with Crippen LogP contribution in [0.5, 0.6) is 0 Å². The molecule has 0 unspecified atom stereocenters. The number of halogens is 3. The number of benzene rings is 2. The van der Waals surface area contributed by atoms with Crippen molar-refractivity contribution in [2.24, 2.45) is 0 Å². The first-order valence-electron chi connectivity index (χ1n) is 10.5. The zero-order valence-electron chi connectivity index (χ0n) is 19.1. The van der Waals surface area contributed by atoms with Gasteiger partial charge in [-0.3, -0.25) is 9.59 Å². The molecule has 0 saturated carbocycles. The van der Waals surface area contributed by atoms with Crippen LogP contribution in [0.15, 0.2) is 54.6 Å². The predicted octanol–water partition coefficient (Wildman–Crippen LogP) is 5.06. The van der Waals surface area contributed by atoms with Crippen LogP contribution in [0.25, 0.3) is 0 Å². The molecular formula is C24H27F3N2O5. The number of carbonyl (C=O) groups excluding carboxylic acids is 3. The number of ether oxygens (including phenoxy) is 2. The lowest BCUT2D eigenvalue weighted by Gasteiger charge is -2.21. The predicted molar refractivity (Wildman–Crippen MR) is 119 cm³/mol. The molecule has 2 aromatic carbocycles. The number of esters is 1. The normalized spacial score (nSPS) is 12.4. The van der Waals surface area contributed by atoms with Gasteiger partial charge in [-0.2, -0.15) is 13.2 Å². The summed E-state index contributed by atoms with van der Waals surface area (Å²) in [7, 11) is 0. The molecule has 0 spiro atoms. The van der Waals surface area contributed by atoms with Crippen molar-refractivity contribution in [1.29, 1.82) is 0 Å². The number of alkyl carbamates (subject to hydrolysis) is 1. The van der Waals surface area contributed by atoms with Gasteiger partial charge in [0.1, 0.15) is 18.2 Å².